The summed E-state index contributed by atoms with van der Waals surface area (Å²) in [4.78, 5) is 26.2. The van der Waals surface area contributed by atoms with Gasteiger partial charge in [0.1, 0.15) is 5.75 Å². The normalized spacial score (nSPS) is 13.8. The molecule has 2 aromatic rings. The first kappa shape index (κ1) is 18.0. The molecule has 5 heteroatoms. The number of aryl methyl sites for hydroxylation is 1. The molecule has 1 aliphatic rings. The fraction of sp³-hybridized carbons (Fsp3) is 0.333. The van der Waals surface area contributed by atoms with Crippen molar-refractivity contribution in [1.82, 2.24) is 0 Å². The van der Waals surface area contributed by atoms with E-state index >= 15 is 0 Å². The molecule has 1 N–H and O–H groups in total. The number of carbonyl (C=O) groups excluding carboxylic acids is 2. The minimum atomic E-state index is -0.170. The summed E-state index contributed by atoms with van der Waals surface area (Å²) in [6.07, 6.45) is 2.45. The van der Waals surface area contributed by atoms with Crippen LogP contribution in [0.15, 0.2) is 42.5 Å². The van der Waals surface area contributed by atoms with Crippen LogP contribution in [-0.2, 0) is 4.79 Å². The van der Waals surface area contributed by atoms with Crippen LogP contribution < -0.4 is 15.0 Å². The number of nitrogens with zero attached hydrogens (tertiary/aromatic N) is 1. The summed E-state index contributed by atoms with van der Waals surface area (Å²) >= 11 is 0. The van der Waals surface area contributed by atoms with Crippen molar-refractivity contribution in [3.8, 4) is 5.75 Å². The van der Waals surface area contributed by atoms with Crippen molar-refractivity contribution in [2.75, 3.05) is 23.4 Å². The van der Waals surface area contributed by atoms with E-state index in [9.17, 15) is 9.59 Å². The van der Waals surface area contributed by atoms with Gasteiger partial charge in [0.2, 0.25) is 5.91 Å². The van der Waals surface area contributed by atoms with Gasteiger partial charge >= 0.3 is 0 Å². The highest BCUT2D eigenvalue weighted by molar-refractivity contribution is 6.04. The summed E-state index contributed by atoms with van der Waals surface area (Å²) in [5.74, 6) is 0.755. The topological polar surface area (TPSA) is 58.6 Å². The molecule has 0 bridgehead atoms. The van der Waals surface area contributed by atoms with Gasteiger partial charge < -0.3 is 15.0 Å². The molecule has 1 aliphatic heterocycles. The van der Waals surface area contributed by atoms with Crippen LogP contribution in [0.1, 0.15) is 42.1 Å². The molecular weight excluding hydrogens is 328 g/mol. The number of anilines is 2. The Bertz CT molecular complexity index is 799. The Labute approximate surface area is 154 Å². The molecule has 0 atom stereocenters. The second-order valence-electron chi connectivity index (χ2n) is 6.48. The third kappa shape index (κ3) is 4.04. The Kier molecular flexibility index (Phi) is 5.56. The first-order chi connectivity index (χ1) is 12.6. The van der Waals surface area contributed by atoms with Crippen LogP contribution in [0.2, 0.25) is 0 Å². The lowest BCUT2D eigenvalue weighted by atomic mass is 10.1. The number of hydrogen-bond donors (Lipinski definition) is 1. The number of benzene rings is 2. The molecule has 0 radical (unpaired) electrons. The SMILES string of the molecule is CCCOc1ccc(C(=O)Nc2ccc(N3CCCC3=O)c(C)c2)cc1. The fourth-order valence-electron chi connectivity index (χ4n) is 3.06. The summed E-state index contributed by atoms with van der Waals surface area (Å²) in [5.41, 5.74) is 3.18. The van der Waals surface area contributed by atoms with E-state index in [1.165, 1.54) is 0 Å². The molecule has 0 aliphatic carbocycles. The monoisotopic (exact) mass is 352 g/mol. The lowest BCUT2D eigenvalue weighted by Crippen LogP contribution is -2.24. The molecule has 3 rings (SSSR count). The van der Waals surface area contributed by atoms with Crippen molar-refractivity contribution >= 4 is 23.2 Å². The molecule has 0 aromatic heterocycles. The first-order valence-corrected chi connectivity index (χ1v) is 9.03. The van der Waals surface area contributed by atoms with Gasteiger partial charge in [0, 0.05) is 29.9 Å². The molecule has 0 unspecified atom stereocenters. The minimum Gasteiger partial charge on any atom is -0.494 e. The van der Waals surface area contributed by atoms with E-state index < -0.39 is 0 Å². The lowest BCUT2D eigenvalue weighted by Gasteiger charge is -2.19. The Hall–Kier alpha value is -2.82. The second-order valence-corrected chi connectivity index (χ2v) is 6.48. The zero-order chi connectivity index (χ0) is 18.5. The van der Waals surface area contributed by atoms with E-state index in [1.807, 2.05) is 30.0 Å². The van der Waals surface area contributed by atoms with Gasteiger partial charge in [-0.2, -0.15) is 0 Å². The van der Waals surface area contributed by atoms with Crippen LogP contribution in [0, 0.1) is 6.92 Å². The van der Waals surface area contributed by atoms with Crippen LogP contribution >= 0.6 is 0 Å². The zero-order valence-electron chi connectivity index (χ0n) is 15.2. The van der Waals surface area contributed by atoms with Gasteiger partial charge in [-0.1, -0.05) is 6.92 Å². The van der Waals surface area contributed by atoms with Crippen molar-refractivity contribution in [1.29, 1.82) is 0 Å². The summed E-state index contributed by atoms with van der Waals surface area (Å²) in [6.45, 7) is 5.43. The molecule has 0 spiro atoms. The molecule has 26 heavy (non-hydrogen) atoms. The van der Waals surface area contributed by atoms with Crippen LogP contribution in [0.5, 0.6) is 5.75 Å². The van der Waals surface area contributed by atoms with Gasteiger partial charge in [-0.3, -0.25) is 9.59 Å². The van der Waals surface area contributed by atoms with Gasteiger partial charge in [-0.05, 0) is 67.8 Å². The predicted molar refractivity (Wildman–Crippen MR) is 103 cm³/mol. The van der Waals surface area contributed by atoms with E-state index in [-0.39, 0.29) is 11.8 Å². The van der Waals surface area contributed by atoms with E-state index in [0.717, 1.165) is 36.4 Å². The molecule has 0 saturated carbocycles. The summed E-state index contributed by atoms with van der Waals surface area (Å²) in [5, 5.41) is 2.91. The molecule has 5 nitrogen and oxygen atoms in total. The third-order valence-electron chi connectivity index (χ3n) is 4.41. The van der Waals surface area contributed by atoms with Crippen LogP contribution in [0.4, 0.5) is 11.4 Å². The maximum atomic E-state index is 12.4. The summed E-state index contributed by atoms with van der Waals surface area (Å²) in [7, 11) is 0. The van der Waals surface area contributed by atoms with Crippen LogP contribution in [0.25, 0.3) is 0 Å². The van der Waals surface area contributed by atoms with Crippen LogP contribution in [-0.4, -0.2) is 25.0 Å². The molecule has 1 heterocycles. The van der Waals surface area contributed by atoms with Gasteiger partial charge in [-0.15, -0.1) is 0 Å². The average molecular weight is 352 g/mol. The zero-order valence-corrected chi connectivity index (χ0v) is 15.2. The first-order valence-electron chi connectivity index (χ1n) is 9.03. The average Bonchev–Trinajstić information content (AvgIpc) is 3.06. The van der Waals surface area contributed by atoms with Gasteiger partial charge in [0.15, 0.2) is 0 Å². The maximum absolute atomic E-state index is 12.4. The van der Waals surface area contributed by atoms with E-state index in [4.69, 9.17) is 4.74 Å². The minimum absolute atomic E-state index is 0.162. The second kappa shape index (κ2) is 8.04. The van der Waals surface area contributed by atoms with Gasteiger partial charge in [0.25, 0.3) is 5.91 Å². The number of ether oxygens (including phenoxy) is 1. The smallest absolute Gasteiger partial charge is 0.255 e. The third-order valence-corrected chi connectivity index (χ3v) is 4.41. The largest absolute Gasteiger partial charge is 0.494 e. The molecule has 1 fully saturated rings. The Balaban J connectivity index is 1.67. The molecule has 136 valence electrons. The van der Waals surface area contributed by atoms with Crippen molar-refractivity contribution in [3.63, 3.8) is 0 Å². The van der Waals surface area contributed by atoms with Crippen LogP contribution in [0.3, 0.4) is 0 Å². The highest BCUT2D eigenvalue weighted by Gasteiger charge is 2.23. The van der Waals surface area contributed by atoms with E-state index in [0.29, 0.717) is 24.3 Å². The molecule has 2 amide bonds. The summed E-state index contributed by atoms with van der Waals surface area (Å²) < 4.78 is 5.53. The molecule has 1 saturated heterocycles. The van der Waals surface area contributed by atoms with Crippen molar-refractivity contribution in [2.45, 2.75) is 33.1 Å². The van der Waals surface area contributed by atoms with Gasteiger partial charge in [-0.25, -0.2) is 0 Å². The number of nitrogens with one attached hydrogen (secondary N) is 1. The molecular formula is C21H24N2O3. The number of carbonyl (C=O) groups is 2. The number of amides is 2. The lowest BCUT2D eigenvalue weighted by molar-refractivity contribution is -0.117. The quantitative estimate of drug-likeness (QED) is 0.849. The Morgan fingerprint density at radius 2 is 1.96 bits per heavy atom. The fourth-order valence-corrected chi connectivity index (χ4v) is 3.06. The predicted octanol–water partition coefficient (Wildman–Crippen LogP) is 4.16. The van der Waals surface area contributed by atoms with E-state index in [2.05, 4.69) is 12.2 Å². The molecule has 2 aromatic carbocycles. The van der Waals surface area contributed by atoms with Crippen molar-refractivity contribution < 1.29 is 14.3 Å². The van der Waals surface area contributed by atoms with Gasteiger partial charge in [0.05, 0.1) is 6.61 Å². The summed E-state index contributed by atoms with van der Waals surface area (Å²) in [6, 6.07) is 12.8. The van der Waals surface area contributed by atoms with E-state index in [1.54, 1.807) is 24.3 Å². The standard InChI is InChI=1S/C21H24N2O3/c1-3-13-26-18-9-6-16(7-10-18)21(25)22-17-8-11-19(15(2)14-17)23-12-4-5-20(23)24/h6-11,14H,3-5,12-13H2,1-2H3,(H,22,25). The Morgan fingerprint density at radius 3 is 2.58 bits per heavy atom. The highest BCUT2D eigenvalue weighted by atomic mass is 16.5. The maximum Gasteiger partial charge on any atom is 0.255 e. The van der Waals surface area contributed by atoms with Crippen molar-refractivity contribution in [3.05, 3.63) is 53.6 Å². The Morgan fingerprint density at radius 1 is 1.19 bits per heavy atom. The van der Waals surface area contributed by atoms with Crippen molar-refractivity contribution in [2.24, 2.45) is 0 Å². The number of rotatable bonds is 6. The highest BCUT2D eigenvalue weighted by Crippen LogP contribution is 2.27. The number of hydrogen-bond acceptors (Lipinski definition) is 3.